The molecule has 2 rings (SSSR count). The van der Waals surface area contributed by atoms with E-state index in [9.17, 15) is 22.0 Å². The fourth-order valence-electron chi connectivity index (χ4n) is 1.95. The van der Waals surface area contributed by atoms with E-state index in [0.29, 0.717) is 6.20 Å². The van der Waals surface area contributed by atoms with Gasteiger partial charge in [-0.25, -0.2) is 9.88 Å². The number of anilines is 1. The second kappa shape index (κ2) is 5.69. The standard InChI is InChI=1S/C11H11ClF5N3/c12-8-5-7(11(15,16)17)6-18-9(8)19-1-3-20(4-2-19)10(13)14/h5-6,10H,1-4H2. The van der Waals surface area contributed by atoms with Gasteiger partial charge < -0.3 is 4.90 Å². The molecule has 1 aliphatic heterocycles. The van der Waals surface area contributed by atoms with E-state index in [1.807, 2.05) is 0 Å². The van der Waals surface area contributed by atoms with Crippen LogP contribution in [-0.4, -0.2) is 42.6 Å². The molecule has 3 nitrogen and oxygen atoms in total. The first-order valence-corrected chi connectivity index (χ1v) is 6.16. The van der Waals surface area contributed by atoms with Crippen molar-refractivity contribution in [3.8, 4) is 0 Å². The minimum atomic E-state index is -4.51. The number of rotatable bonds is 2. The van der Waals surface area contributed by atoms with Crippen molar-refractivity contribution in [1.29, 1.82) is 0 Å². The van der Waals surface area contributed by atoms with Crippen LogP contribution >= 0.6 is 11.6 Å². The zero-order chi connectivity index (χ0) is 14.9. The van der Waals surface area contributed by atoms with Crippen molar-refractivity contribution >= 4 is 17.4 Å². The molecule has 1 fully saturated rings. The smallest absolute Gasteiger partial charge is 0.353 e. The number of halogens is 6. The summed E-state index contributed by atoms with van der Waals surface area (Å²) < 4.78 is 62.3. The van der Waals surface area contributed by atoms with Gasteiger partial charge in [0.2, 0.25) is 0 Å². The molecule has 0 N–H and O–H groups in total. The summed E-state index contributed by atoms with van der Waals surface area (Å²) in [4.78, 5) is 6.29. The van der Waals surface area contributed by atoms with Crippen LogP contribution in [0.4, 0.5) is 27.8 Å². The summed E-state index contributed by atoms with van der Waals surface area (Å²) in [5, 5.41) is -0.134. The highest BCUT2D eigenvalue weighted by atomic mass is 35.5. The van der Waals surface area contributed by atoms with Gasteiger partial charge >= 0.3 is 6.18 Å². The summed E-state index contributed by atoms with van der Waals surface area (Å²) in [5.74, 6) is 0.189. The summed E-state index contributed by atoms with van der Waals surface area (Å²) >= 11 is 5.80. The van der Waals surface area contributed by atoms with Crippen LogP contribution in [-0.2, 0) is 6.18 Å². The Bertz CT molecular complexity index is 472. The highest BCUT2D eigenvalue weighted by Gasteiger charge is 2.32. The van der Waals surface area contributed by atoms with E-state index in [0.717, 1.165) is 11.0 Å². The van der Waals surface area contributed by atoms with E-state index in [-0.39, 0.29) is 37.0 Å². The molecule has 0 aromatic carbocycles. The van der Waals surface area contributed by atoms with Gasteiger partial charge in [-0.3, -0.25) is 0 Å². The summed E-state index contributed by atoms with van der Waals surface area (Å²) in [6.45, 7) is -1.84. The minimum absolute atomic E-state index is 0.108. The Balaban J connectivity index is 2.11. The van der Waals surface area contributed by atoms with Crippen molar-refractivity contribution in [1.82, 2.24) is 9.88 Å². The van der Waals surface area contributed by atoms with Crippen LogP contribution in [0.5, 0.6) is 0 Å². The highest BCUT2D eigenvalue weighted by Crippen LogP contribution is 2.33. The number of nitrogens with zero attached hydrogens (tertiary/aromatic N) is 3. The molecule has 1 aromatic rings. The Labute approximate surface area is 116 Å². The van der Waals surface area contributed by atoms with Crippen LogP contribution in [0.2, 0.25) is 5.02 Å². The molecule has 0 bridgehead atoms. The van der Waals surface area contributed by atoms with Gasteiger partial charge in [0.15, 0.2) is 0 Å². The van der Waals surface area contributed by atoms with Gasteiger partial charge in [0.05, 0.1) is 10.6 Å². The third-order valence-corrected chi connectivity index (χ3v) is 3.32. The second-order valence-electron chi connectivity index (χ2n) is 4.33. The first-order valence-electron chi connectivity index (χ1n) is 5.79. The molecule has 1 aromatic heterocycles. The lowest BCUT2D eigenvalue weighted by Gasteiger charge is -2.35. The SMILES string of the molecule is FC(F)N1CCN(c2ncc(C(F)(F)F)cc2Cl)CC1. The number of hydrogen-bond acceptors (Lipinski definition) is 3. The van der Waals surface area contributed by atoms with E-state index in [1.165, 1.54) is 0 Å². The van der Waals surface area contributed by atoms with Crippen molar-refractivity contribution in [3.05, 3.63) is 22.8 Å². The molecule has 0 saturated carbocycles. The first kappa shape index (κ1) is 15.2. The predicted octanol–water partition coefficient (Wildman–Crippen LogP) is 3.10. The van der Waals surface area contributed by atoms with Gasteiger partial charge in [0.25, 0.3) is 6.55 Å². The molecule has 0 spiro atoms. The molecular formula is C11H11ClF5N3. The fraction of sp³-hybridized carbons (Fsp3) is 0.545. The van der Waals surface area contributed by atoms with E-state index in [2.05, 4.69) is 4.98 Å². The molecule has 0 radical (unpaired) electrons. The summed E-state index contributed by atoms with van der Waals surface area (Å²) in [5.41, 5.74) is -0.933. The topological polar surface area (TPSA) is 19.4 Å². The molecular weight excluding hydrogens is 305 g/mol. The summed E-state index contributed by atoms with van der Waals surface area (Å²) in [6.07, 6.45) is -3.82. The largest absolute Gasteiger partial charge is 0.417 e. The first-order chi connectivity index (χ1) is 9.29. The van der Waals surface area contributed by atoms with Crippen molar-refractivity contribution in [2.45, 2.75) is 12.7 Å². The highest BCUT2D eigenvalue weighted by molar-refractivity contribution is 6.33. The van der Waals surface area contributed by atoms with Crippen molar-refractivity contribution in [2.24, 2.45) is 0 Å². The number of piperazine rings is 1. The van der Waals surface area contributed by atoms with Crippen LogP contribution < -0.4 is 4.90 Å². The average Bonchev–Trinajstić information content (AvgIpc) is 2.37. The Morgan fingerprint density at radius 1 is 1.15 bits per heavy atom. The van der Waals surface area contributed by atoms with Gasteiger partial charge in [0.1, 0.15) is 5.82 Å². The summed E-state index contributed by atoms with van der Waals surface area (Å²) in [7, 11) is 0. The molecule has 1 saturated heterocycles. The van der Waals surface area contributed by atoms with Gasteiger partial charge in [-0.05, 0) is 6.07 Å². The van der Waals surface area contributed by atoms with E-state index in [1.54, 1.807) is 4.90 Å². The lowest BCUT2D eigenvalue weighted by Crippen LogP contribution is -2.48. The second-order valence-corrected chi connectivity index (χ2v) is 4.74. The van der Waals surface area contributed by atoms with Crippen LogP contribution in [0.1, 0.15) is 5.56 Å². The van der Waals surface area contributed by atoms with Crippen LogP contribution in [0, 0.1) is 0 Å². The van der Waals surface area contributed by atoms with Gasteiger partial charge in [0, 0.05) is 32.4 Å². The Kier molecular flexibility index (Phi) is 4.33. The van der Waals surface area contributed by atoms with Crippen LogP contribution in [0.15, 0.2) is 12.3 Å². The summed E-state index contributed by atoms with van der Waals surface area (Å²) in [6, 6.07) is 0.795. The van der Waals surface area contributed by atoms with Crippen LogP contribution in [0.3, 0.4) is 0 Å². The lowest BCUT2D eigenvalue weighted by atomic mass is 10.2. The zero-order valence-corrected chi connectivity index (χ0v) is 10.9. The number of hydrogen-bond donors (Lipinski definition) is 0. The zero-order valence-electron chi connectivity index (χ0n) is 10.2. The molecule has 0 aliphatic carbocycles. The maximum Gasteiger partial charge on any atom is 0.417 e. The third-order valence-electron chi connectivity index (χ3n) is 3.04. The van der Waals surface area contributed by atoms with E-state index < -0.39 is 18.3 Å². The number of pyridine rings is 1. The maximum absolute atomic E-state index is 12.5. The monoisotopic (exact) mass is 315 g/mol. The predicted molar refractivity (Wildman–Crippen MR) is 64.0 cm³/mol. The number of alkyl halides is 5. The van der Waals surface area contributed by atoms with Gasteiger partial charge in [-0.15, -0.1) is 0 Å². The quantitative estimate of drug-likeness (QED) is 0.617. The molecule has 9 heteroatoms. The molecule has 1 aliphatic rings. The van der Waals surface area contributed by atoms with E-state index in [4.69, 9.17) is 11.6 Å². The maximum atomic E-state index is 12.5. The lowest BCUT2D eigenvalue weighted by molar-refractivity contribution is -0.137. The normalized spacial score (nSPS) is 17.9. The minimum Gasteiger partial charge on any atom is -0.353 e. The van der Waals surface area contributed by atoms with Crippen molar-refractivity contribution in [3.63, 3.8) is 0 Å². The van der Waals surface area contributed by atoms with Gasteiger partial charge in [-0.1, -0.05) is 11.6 Å². The van der Waals surface area contributed by atoms with E-state index >= 15 is 0 Å². The van der Waals surface area contributed by atoms with Crippen molar-refractivity contribution in [2.75, 3.05) is 31.1 Å². The average molecular weight is 316 g/mol. The van der Waals surface area contributed by atoms with Crippen LogP contribution in [0.25, 0.3) is 0 Å². The molecule has 0 unspecified atom stereocenters. The molecule has 0 atom stereocenters. The molecule has 20 heavy (non-hydrogen) atoms. The Hall–Kier alpha value is -1.15. The van der Waals surface area contributed by atoms with Crippen molar-refractivity contribution < 1.29 is 22.0 Å². The Morgan fingerprint density at radius 2 is 1.75 bits per heavy atom. The fourth-order valence-corrected chi connectivity index (χ4v) is 2.23. The molecule has 0 amide bonds. The number of aromatic nitrogens is 1. The molecule has 112 valence electrons. The Morgan fingerprint density at radius 3 is 2.20 bits per heavy atom. The third kappa shape index (κ3) is 3.29. The van der Waals surface area contributed by atoms with Gasteiger partial charge in [-0.2, -0.15) is 22.0 Å². The molecule has 2 heterocycles.